The van der Waals surface area contributed by atoms with Gasteiger partial charge in [0.25, 0.3) is 0 Å². The van der Waals surface area contributed by atoms with E-state index in [1.807, 2.05) is 0 Å². The third-order valence-electron chi connectivity index (χ3n) is 12.1. The predicted octanol–water partition coefficient (Wildman–Crippen LogP) is 15.2. The van der Waals surface area contributed by atoms with Crippen molar-refractivity contribution in [1.82, 2.24) is 9.13 Å². The Labute approximate surface area is 336 Å². The molecule has 2 aromatic heterocycles. The van der Waals surface area contributed by atoms with Crippen molar-refractivity contribution >= 4 is 65.2 Å². The number of para-hydroxylation sites is 2. The Hall–Kier alpha value is -7.68. The number of benzene rings is 10. The molecule has 0 fully saturated rings. The quantitative estimate of drug-likeness (QED) is 0.167. The molecular formula is C56H36N2. The Morgan fingerprint density at radius 1 is 0.224 bits per heavy atom. The van der Waals surface area contributed by atoms with E-state index in [2.05, 4.69) is 228 Å². The summed E-state index contributed by atoms with van der Waals surface area (Å²) in [5.41, 5.74) is 14.4. The van der Waals surface area contributed by atoms with Gasteiger partial charge in [-0.15, -0.1) is 0 Å². The molecular weight excluding hydrogens is 701 g/mol. The van der Waals surface area contributed by atoms with Gasteiger partial charge in [0.2, 0.25) is 0 Å². The third kappa shape index (κ3) is 5.05. The molecule has 12 rings (SSSR count). The van der Waals surface area contributed by atoms with Gasteiger partial charge in [0, 0.05) is 32.9 Å². The highest BCUT2D eigenvalue weighted by atomic mass is 15.0. The van der Waals surface area contributed by atoms with Crippen molar-refractivity contribution in [2.75, 3.05) is 0 Å². The van der Waals surface area contributed by atoms with E-state index in [1.54, 1.807) is 0 Å². The average molecular weight is 737 g/mol. The summed E-state index contributed by atoms with van der Waals surface area (Å²) in [5.74, 6) is 0. The van der Waals surface area contributed by atoms with E-state index >= 15 is 0 Å². The molecule has 12 aromatic rings. The van der Waals surface area contributed by atoms with E-state index in [4.69, 9.17) is 0 Å². The lowest BCUT2D eigenvalue weighted by Crippen LogP contribution is -1.95. The second-order valence-corrected chi connectivity index (χ2v) is 15.3. The van der Waals surface area contributed by atoms with E-state index in [-0.39, 0.29) is 0 Å². The van der Waals surface area contributed by atoms with Gasteiger partial charge in [-0.2, -0.15) is 0 Å². The van der Waals surface area contributed by atoms with Gasteiger partial charge in [0.15, 0.2) is 0 Å². The van der Waals surface area contributed by atoms with E-state index in [0.29, 0.717) is 0 Å². The summed E-state index contributed by atoms with van der Waals surface area (Å²) < 4.78 is 4.84. The summed E-state index contributed by atoms with van der Waals surface area (Å²) in [5, 5.41) is 10.1. The first-order valence-corrected chi connectivity index (χ1v) is 20.0. The van der Waals surface area contributed by atoms with Crippen LogP contribution in [0.4, 0.5) is 0 Å². The smallest absolute Gasteiger partial charge is 0.0547 e. The highest BCUT2D eigenvalue weighted by Crippen LogP contribution is 2.39. The zero-order valence-corrected chi connectivity index (χ0v) is 31.7. The summed E-state index contributed by atoms with van der Waals surface area (Å²) in [7, 11) is 0. The first-order chi connectivity index (χ1) is 28.8. The predicted molar refractivity (Wildman–Crippen MR) is 246 cm³/mol. The topological polar surface area (TPSA) is 9.86 Å². The van der Waals surface area contributed by atoms with Gasteiger partial charge in [-0.05, 0) is 103 Å². The number of aromatic nitrogens is 2. The third-order valence-corrected chi connectivity index (χ3v) is 12.1. The normalized spacial score (nSPS) is 11.8. The second kappa shape index (κ2) is 12.9. The minimum atomic E-state index is 1.15. The molecule has 270 valence electrons. The minimum absolute atomic E-state index is 1.15. The molecule has 2 nitrogen and oxygen atoms in total. The van der Waals surface area contributed by atoms with Gasteiger partial charge in [-0.1, -0.05) is 170 Å². The Kier molecular flexibility index (Phi) is 7.26. The number of hydrogen-bond donors (Lipinski definition) is 0. The lowest BCUT2D eigenvalue weighted by Gasteiger charge is -2.12. The molecule has 0 bridgehead atoms. The number of nitrogens with zero attached hydrogens (tertiary/aromatic N) is 2. The zero-order chi connectivity index (χ0) is 38.2. The van der Waals surface area contributed by atoms with Gasteiger partial charge < -0.3 is 9.13 Å². The molecule has 0 aliphatic heterocycles. The fourth-order valence-corrected chi connectivity index (χ4v) is 9.39. The molecule has 0 N–H and O–H groups in total. The van der Waals surface area contributed by atoms with Crippen molar-refractivity contribution in [3.63, 3.8) is 0 Å². The molecule has 2 heterocycles. The van der Waals surface area contributed by atoms with E-state index in [9.17, 15) is 0 Å². The van der Waals surface area contributed by atoms with Crippen LogP contribution in [-0.2, 0) is 0 Å². The van der Waals surface area contributed by atoms with E-state index in [0.717, 1.165) is 11.4 Å². The van der Waals surface area contributed by atoms with Crippen LogP contribution in [0.5, 0.6) is 0 Å². The molecule has 58 heavy (non-hydrogen) atoms. The maximum atomic E-state index is 2.42. The van der Waals surface area contributed by atoms with Gasteiger partial charge >= 0.3 is 0 Å². The molecule has 2 heteroatoms. The Bertz CT molecular complexity index is 3300. The van der Waals surface area contributed by atoms with Gasteiger partial charge in [0.1, 0.15) is 0 Å². The van der Waals surface area contributed by atoms with Crippen LogP contribution in [0.15, 0.2) is 218 Å². The van der Waals surface area contributed by atoms with Crippen LogP contribution in [0.25, 0.3) is 110 Å². The molecule has 0 amide bonds. The fraction of sp³-hybridized carbons (Fsp3) is 0. The maximum absolute atomic E-state index is 2.42. The second-order valence-electron chi connectivity index (χ2n) is 15.3. The van der Waals surface area contributed by atoms with Gasteiger partial charge in [-0.3, -0.25) is 0 Å². The monoisotopic (exact) mass is 736 g/mol. The highest BCUT2D eigenvalue weighted by Gasteiger charge is 2.16. The first kappa shape index (κ1) is 32.6. The molecule has 0 atom stereocenters. The van der Waals surface area contributed by atoms with E-state index in [1.165, 1.54) is 98.5 Å². The van der Waals surface area contributed by atoms with Crippen LogP contribution < -0.4 is 0 Å². The zero-order valence-electron chi connectivity index (χ0n) is 31.7. The maximum Gasteiger partial charge on any atom is 0.0547 e. The van der Waals surface area contributed by atoms with Crippen molar-refractivity contribution < 1.29 is 0 Å². The van der Waals surface area contributed by atoms with Crippen LogP contribution in [0.2, 0.25) is 0 Å². The average Bonchev–Trinajstić information content (AvgIpc) is 3.81. The standard InChI is InChI=1S/C56H36N2/c1-3-15-45-39(11-1)13-9-19-47(45)41-27-33-51-49-17-5-7-21-53(49)57(55(51)35-41)43-29-23-37(24-30-43)38-25-31-44(32-26-38)58-54-22-8-6-18-50(54)52-34-28-42(36-56(52)58)48-20-10-14-40-12-2-4-16-46(40)48/h1-36H. The van der Waals surface area contributed by atoms with Crippen molar-refractivity contribution in [2.24, 2.45) is 0 Å². The van der Waals surface area contributed by atoms with Gasteiger partial charge in [0.05, 0.1) is 22.1 Å². The van der Waals surface area contributed by atoms with E-state index < -0.39 is 0 Å². The van der Waals surface area contributed by atoms with Crippen LogP contribution in [-0.4, -0.2) is 9.13 Å². The fourth-order valence-electron chi connectivity index (χ4n) is 9.39. The highest BCUT2D eigenvalue weighted by molar-refractivity contribution is 6.12. The number of hydrogen-bond acceptors (Lipinski definition) is 0. The summed E-state index contributed by atoms with van der Waals surface area (Å²) >= 11 is 0. The number of rotatable bonds is 5. The molecule has 0 aliphatic rings. The summed E-state index contributed by atoms with van der Waals surface area (Å²) in [6.45, 7) is 0. The Morgan fingerprint density at radius 2 is 0.569 bits per heavy atom. The SMILES string of the molecule is c1ccc2c(-c3ccc4c5ccccc5n(-c5ccc(-c6ccc(-n7c8ccccc8c8ccc(-c9cccc%10ccccc9%10)cc87)cc6)cc5)c4c3)cccc2c1. The molecule has 0 spiro atoms. The van der Waals surface area contributed by atoms with Crippen molar-refractivity contribution in [1.29, 1.82) is 0 Å². The number of fused-ring (bicyclic) bond motifs is 8. The molecule has 0 unspecified atom stereocenters. The molecule has 0 radical (unpaired) electrons. The summed E-state index contributed by atoms with van der Waals surface area (Å²) in [4.78, 5) is 0. The van der Waals surface area contributed by atoms with Crippen LogP contribution in [0.3, 0.4) is 0 Å². The van der Waals surface area contributed by atoms with Crippen LogP contribution in [0, 0.1) is 0 Å². The van der Waals surface area contributed by atoms with Gasteiger partial charge in [-0.25, -0.2) is 0 Å². The van der Waals surface area contributed by atoms with Crippen LogP contribution >= 0.6 is 0 Å². The lowest BCUT2D eigenvalue weighted by molar-refractivity contribution is 1.18. The molecule has 0 saturated heterocycles. The van der Waals surface area contributed by atoms with Crippen molar-refractivity contribution in [2.45, 2.75) is 0 Å². The minimum Gasteiger partial charge on any atom is -0.309 e. The summed E-state index contributed by atoms with van der Waals surface area (Å²) in [6.07, 6.45) is 0. The lowest BCUT2D eigenvalue weighted by atomic mass is 9.97. The molecule has 10 aromatic carbocycles. The van der Waals surface area contributed by atoms with Crippen molar-refractivity contribution in [3.05, 3.63) is 218 Å². The molecule has 0 aliphatic carbocycles. The Balaban J connectivity index is 0.933. The molecule has 0 saturated carbocycles. The first-order valence-electron chi connectivity index (χ1n) is 20.0. The Morgan fingerprint density at radius 3 is 1.02 bits per heavy atom. The largest absolute Gasteiger partial charge is 0.309 e. The van der Waals surface area contributed by atoms with Crippen molar-refractivity contribution in [3.8, 4) is 44.8 Å². The summed E-state index contributed by atoms with van der Waals surface area (Å²) in [6, 6.07) is 80.0. The van der Waals surface area contributed by atoms with Crippen LogP contribution in [0.1, 0.15) is 0 Å².